The average Bonchev–Trinajstić information content (AvgIpc) is 2.81. The van der Waals surface area contributed by atoms with Crippen molar-refractivity contribution in [3.05, 3.63) is 30.1 Å². The molecule has 1 saturated heterocycles. The van der Waals surface area contributed by atoms with Gasteiger partial charge in [0.1, 0.15) is 0 Å². The van der Waals surface area contributed by atoms with Crippen LogP contribution in [0.2, 0.25) is 0 Å². The van der Waals surface area contributed by atoms with E-state index in [0.717, 1.165) is 36.5 Å². The lowest BCUT2D eigenvalue weighted by atomic mass is 9.89. The molecular formula is C15H22N4. The van der Waals surface area contributed by atoms with E-state index in [4.69, 9.17) is 5.73 Å². The molecule has 1 unspecified atom stereocenters. The average molecular weight is 258 g/mol. The molecule has 1 aliphatic rings. The third kappa shape index (κ3) is 2.65. The van der Waals surface area contributed by atoms with Gasteiger partial charge >= 0.3 is 0 Å². The highest BCUT2D eigenvalue weighted by Crippen LogP contribution is 2.26. The fourth-order valence-corrected chi connectivity index (χ4v) is 3.00. The van der Waals surface area contributed by atoms with Crippen LogP contribution >= 0.6 is 0 Å². The van der Waals surface area contributed by atoms with Gasteiger partial charge in [-0.3, -0.25) is 0 Å². The first kappa shape index (κ1) is 12.6. The highest BCUT2D eigenvalue weighted by Gasteiger charge is 2.18. The molecule has 1 aromatic heterocycles. The van der Waals surface area contributed by atoms with Crippen LogP contribution in [-0.4, -0.2) is 22.6 Å². The van der Waals surface area contributed by atoms with Crippen LogP contribution in [0.1, 0.15) is 30.9 Å². The molecule has 0 radical (unpaired) electrons. The van der Waals surface area contributed by atoms with Crippen LogP contribution < -0.4 is 11.1 Å². The lowest BCUT2D eigenvalue weighted by Gasteiger charge is -2.25. The monoisotopic (exact) mass is 258 g/mol. The number of nitrogens with zero attached hydrogens (tertiary/aromatic N) is 2. The number of hydrogen-bond acceptors (Lipinski definition) is 3. The Labute approximate surface area is 114 Å². The van der Waals surface area contributed by atoms with E-state index in [1.165, 1.54) is 18.4 Å². The summed E-state index contributed by atoms with van der Waals surface area (Å²) < 4.78 is 2.04. The van der Waals surface area contributed by atoms with Crippen molar-refractivity contribution in [3.63, 3.8) is 0 Å². The van der Waals surface area contributed by atoms with E-state index in [0.29, 0.717) is 0 Å². The minimum absolute atomic E-state index is 0.134. The predicted octanol–water partition coefficient (Wildman–Crippen LogP) is 1.96. The van der Waals surface area contributed by atoms with Crippen LogP contribution in [0.3, 0.4) is 0 Å². The van der Waals surface area contributed by atoms with Gasteiger partial charge in [-0.05, 0) is 56.0 Å². The van der Waals surface area contributed by atoms with Gasteiger partial charge in [0, 0.05) is 13.1 Å². The van der Waals surface area contributed by atoms with Crippen LogP contribution in [0.25, 0.3) is 11.0 Å². The van der Waals surface area contributed by atoms with Crippen molar-refractivity contribution >= 4 is 11.0 Å². The van der Waals surface area contributed by atoms with Gasteiger partial charge in [0.15, 0.2) is 0 Å². The zero-order chi connectivity index (χ0) is 13.2. The van der Waals surface area contributed by atoms with Crippen molar-refractivity contribution in [2.24, 2.45) is 18.7 Å². The van der Waals surface area contributed by atoms with Crippen LogP contribution in [0.15, 0.2) is 24.5 Å². The second-order valence-corrected chi connectivity index (χ2v) is 5.64. The number of nitrogens with two attached hydrogens (primary N) is 1. The van der Waals surface area contributed by atoms with Gasteiger partial charge in [0.2, 0.25) is 0 Å². The van der Waals surface area contributed by atoms with Crippen molar-refractivity contribution in [1.82, 2.24) is 14.9 Å². The summed E-state index contributed by atoms with van der Waals surface area (Å²) in [6.07, 6.45) is 5.44. The normalized spacial score (nSPS) is 18.8. The molecule has 3 N–H and O–H groups in total. The van der Waals surface area contributed by atoms with E-state index in [9.17, 15) is 0 Å². The quantitative estimate of drug-likeness (QED) is 0.885. The summed E-state index contributed by atoms with van der Waals surface area (Å²) in [5.41, 5.74) is 9.79. The molecule has 1 atom stereocenters. The summed E-state index contributed by atoms with van der Waals surface area (Å²) in [4.78, 5) is 4.41. The van der Waals surface area contributed by atoms with E-state index in [2.05, 4.69) is 28.5 Å². The minimum atomic E-state index is 0.134. The Bertz CT molecular complexity index is 554. The second kappa shape index (κ2) is 5.31. The maximum absolute atomic E-state index is 6.37. The van der Waals surface area contributed by atoms with Crippen molar-refractivity contribution in [2.75, 3.05) is 13.1 Å². The molecule has 1 aliphatic heterocycles. The lowest BCUT2D eigenvalue weighted by molar-refractivity contribution is 0.333. The Morgan fingerprint density at radius 3 is 3.00 bits per heavy atom. The van der Waals surface area contributed by atoms with Crippen molar-refractivity contribution in [3.8, 4) is 0 Å². The highest BCUT2D eigenvalue weighted by atomic mass is 15.0. The molecule has 4 nitrogen and oxygen atoms in total. The molecule has 0 aliphatic carbocycles. The number of nitrogens with one attached hydrogen (secondary N) is 1. The molecular weight excluding hydrogens is 236 g/mol. The third-order valence-electron chi connectivity index (χ3n) is 4.22. The zero-order valence-corrected chi connectivity index (χ0v) is 11.5. The standard InChI is InChI=1S/C15H22N4/c1-19-10-18-14-9-12(2-3-15(14)19)13(16)8-11-4-6-17-7-5-11/h2-3,9-11,13,17H,4-8,16H2,1H3. The topological polar surface area (TPSA) is 55.9 Å². The number of aryl methyl sites for hydroxylation is 1. The van der Waals surface area contributed by atoms with Crippen LogP contribution in [0, 0.1) is 5.92 Å². The molecule has 0 spiro atoms. The first-order valence-electron chi connectivity index (χ1n) is 7.11. The smallest absolute Gasteiger partial charge is 0.0955 e. The first-order chi connectivity index (χ1) is 9.24. The fourth-order valence-electron chi connectivity index (χ4n) is 3.00. The number of rotatable bonds is 3. The van der Waals surface area contributed by atoms with Crippen LogP contribution in [0.5, 0.6) is 0 Å². The van der Waals surface area contributed by atoms with Gasteiger partial charge < -0.3 is 15.6 Å². The van der Waals surface area contributed by atoms with Crippen molar-refractivity contribution in [2.45, 2.75) is 25.3 Å². The van der Waals surface area contributed by atoms with Gasteiger partial charge in [0.25, 0.3) is 0 Å². The molecule has 2 aromatic rings. The van der Waals surface area contributed by atoms with Gasteiger partial charge in [-0.1, -0.05) is 6.07 Å². The molecule has 4 heteroatoms. The van der Waals surface area contributed by atoms with E-state index < -0.39 is 0 Å². The summed E-state index contributed by atoms with van der Waals surface area (Å²) >= 11 is 0. The van der Waals surface area contributed by atoms with Crippen molar-refractivity contribution < 1.29 is 0 Å². The molecule has 0 amide bonds. The maximum Gasteiger partial charge on any atom is 0.0955 e. The van der Waals surface area contributed by atoms with E-state index in [1.807, 2.05) is 17.9 Å². The van der Waals surface area contributed by atoms with E-state index in [1.54, 1.807) is 0 Å². The van der Waals surface area contributed by atoms with Crippen LogP contribution in [0.4, 0.5) is 0 Å². The molecule has 1 aromatic carbocycles. The van der Waals surface area contributed by atoms with Gasteiger partial charge in [0.05, 0.1) is 17.4 Å². The summed E-state index contributed by atoms with van der Waals surface area (Å²) in [5, 5.41) is 3.40. The third-order valence-corrected chi connectivity index (χ3v) is 4.22. The first-order valence-corrected chi connectivity index (χ1v) is 7.11. The molecule has 0 saturated carbocycles. The van der Waals surface area contributed by atoms with Crippen molar-refractivity contribution in [1.29, 1.82) is 0 Å². The summed E-state index contributed by atoms with van der Waals surface area (Å²) in [7, 11) is 2.02. The number of fused-ring (bicyclic) bond motifs is 1. The summed E-state index contributed by atoms with van der Waals surface area (Å²) in [6.45, 7) is 2.27. The molecule has 0 bridgehead atoms. The Morgan fingerprint density at radius 2 is 2.21 bits per heavy atom. The largest absolute Gasteiger partial charge is 0.334 e. The molecule has 102 valence electrons. The van der Waals surface area contributed by atoms with Gasteiger partial charge in [-0.2, -0.15) is 0 Å². The molecule has 2 heterocycles. The summed E-state index contributed by atoms with van der Waals surface area (Å²) in [6, 6.07) is 6.55. The predicted molar refractivity (Wildman–Crippen MR) is 77.9 cm³/mol. The summed E-state index contributed by atoms with van der Waals surface area (Å²) in [5.74, 6) is 0.760. The lowest BCUT2D eigenvalue weighted by Crippen LogP contribution is -2.29. The zero-order valence-electron chi connectivity index (χ0n) is 11.5. The van der Waals surface area contributed by atoms with E-state index >= 15 is 0 Å². The van der Waals surface area contributed by atoms with E-state index in [-0.39, 0.29) is 6.04 Å². The SMILES string of the molecule is Cn1cnc2cc(C(N)CC3CCNCC3)ccc21. The Morgan fingerprint density at radius 1 is 1.42 bits per heavy atom. The Balaban J connectivity index is 1.75. The fraction of sp³-hybridized carbons (Fsp3) is 0.533. The van der Waals surface area contributed by atoms with Gasteiger partial charge in [-0.15, -0.1) is 0 Å². The molecule has 1 fully saturated rings. The van der Waals surface area contributed by atoms with Crippen LogP contribution in [-0.2, 0) is 7.05 Å². The number of imidazole rings is 1. The Hall–Kier alpha value is -1.39. The Kier molecular flexibility index (Phi) is 3.53. The maximum atomic E-state index is 6.37. The number of aromatic nitrogens is 2. The second-order valence-electron chi connectivity index (χ2n) is 5.64. The highest BCUT2D eigenvalue weighted by molar-refractivity contribution is 5.76. The molecule has 19 heavy (non-hydrogen) atoms. The number of piperidine rings is 1. The number of benzene rings is 1. The minimum Gasteiger partial charge on any atom is -0.334 e. The van der Waals surface area contributed by atoms with Gasteiger partial charge in [-0.25, -0.2) is 4.98 Å². The molecule has 3 rings (SSSR count). The number of hydrogen-bond donors (Lipinski definition) is 2.